The molecule has 0 fully saturated rings. The van der Waals surface area contributed by atoms with Crippen LogP contribution in [0.5, 0.6) is 0 Å². The summed E-state index contributed by atoms with van der Waals surface area (Å²) in [6, 6.07) is 60.2. The molecule has 1 aliphatic rings. The van der Waals surface area contributed by atoms with Crippen LogP contribution in [0.15, 0.2) is 194 Å². The molecule has 270 valence electrons. The summed E-state index contributed by atoms with van der Waals surface area (Å²) in [5.74, 6) is 2.15. The van der Waals surface area contributed by atoms with Crippen molar-refractivity contribution in [2.24, 2.45) is 5.92 Å². The summed E-state index contributed by atoms with van der Waals surface area (Å²) in [6.45, 7) is 2.23. The number of hydrogen-bond acceptors (Lipinski definition) is 5. The molecule has 0 N–H and O–H groups in total. The van der Waals surface area contributed by atoms with Gasteiger partial charge in [-0.2, -0.15) is 5.26 Å². The Morgan fingerprint density at radius 2 is 1.04 bits per heavy atom. The van der Waals surface area contributed by atoms with Gasteiger partial charge in [0.2, 0.25) is 0 Å². The number of rotatable bonds is 8. The van der Waals surface area contributed by atoms with E-state index < -0.39 is 0 Å². The highest BCUT2D eigenvalue weighted by molar-refractivity contribution is 5.80. The van der Waals surface area contributed by atoms with Crippen molar-refractivity contribution in [2.45, 2.75) is 12.8 Å². The van der Waals surface area contributed by atoms with Crippen molar-refractivity contribution in [3.8, 4) is 73.7 Å². The van der Waals surface area contributed by atoms with Gasteiger partial charge in [0.1, 0.15) is 0 Å². The van der Waals surface area contributed by atoms with E-state index >= 15 is 0 Å². The first-order chi connectivity index (χ1) is 28.1. The minimum atomic E-state index is 0.0684. The number of pyridine rings is 1. The van der Waals surface area contributed by atoms with Gasteiger partial charge in [-0.25, -0.2) is 15.0 Å². The topological polar surface area (TPSA) is 75.3 Å². The van der Waals surface area contributed by atoms with Crippen LogP contribution in [0.4, 0.5) is 0 Å². The van der Waals surface area contributed by atoms with Crippen molar-refractivity contribution in [2.75, 3.05) is 0 Å². The molecule has 0 radical (unpaired) electrons. The molecule has 5 nitrogen and oxygen atoms in total. The summed E-state index contributed by atoms with van der Waals surface area (Å²) in [5.41, 5.74) is 13.0. The maximum atomic E-state index is 10.1. The third kappa shape index (κ3) is 7.58. The van der Waals surface area contributed by atoms with E-state index in [2.05, 4.69) is 127 Å². The van der Waals surface area contributed by atoms with Crippen LogP contribution in [-0.2, 0) is 0 Å². The van der Waals surface area contributed by atoms with E-state index in [1.807, 2.05) is 85.1 Å². The average molecular weight is 732 g/mol. The molecule has 8 aromatic rings. The standard InChI is InChI=1S/C52H37N5/c1-35-21-22-43(33-48(35)47-29-36(34-53)28-46(32-47)38-23-25-39(26-24-38)49-20-8-9-27-54-49)42-17-11-19-45(31-42)52-56-50(40-14-6-3-7-15-40)55-51(57-52)44-18-10-16-41(30-44)37-12-4-2-5-13-37/h2-33,35,48H,1H3. The van der Waals surface area contributed by atoms with Crippen molar-refractivity contribution in [3.63, 3.8) is 0 Å². The minimum Gasteiger partial charge on any atom is -0.256 e. The summed E-state index contributed by atoms with van der Waals surface area (Å²) in [5, 5.41) is 10.1. The molecule has 1 aliphatic carbocycles. The molecular weight excluding hydrogens is 695 g/mol. The third-order valence-electron chi connectivity index (χ3n) is 10.5. The van der Waals surface area contributed by atoms with E-state index in [4.69, 9.17) is 15.0 Å². The van der Waals surface area contributed by atoms with E-state index in [0.29, 0.717) is 23.0 Å². The van der Waals surface area contributed by atoms with E-state index in [1.54, 1.807) is 0 Å². The Hall–Kier alpha value is -7.55. The second-order valence-corrected chi connectivity index (χ2v) is 14.3. The normalized spacial score (nSPS) is 14.8. The lowest BCUT2D eigenvalue weighted by Gasteiger charge is -2.25. The zero-order valence-electron chi connectivity index (χ0n) is 31.4. The van der Waals surface area contributed by atoms with Gasteiger partial charge in [-0.3, -0.25) is 4.98 Å². The molecule has 0 amide bonds. The summed E-state index contributed by atoms with van der Waals surface area (Å²) in [6.07, 6.45) is 8.61. The van der Waals surface area contributed by atoms with Crippen LogP contribution in [0.25, 0.3) is 73.2 Å². The highest BCUT2D eigenvalue weighted by atomic mass is 15.0. The summed E-state index contributed by atoms with van der Waals surface area (Å²) >= 11 is 0. The Balaban J connectivity index is 1.07. The zero-order valence-corrected chi connectivity index (χ0v) is 31.4. The fourth-order valence-corrected chi connectivity index (χ4v) is 7.47. The Morgan fingerprint density at radius 1 is 0.474 bits per heavy atom. The maximum absolute atomic E-state index is 10.1. The van der Waals surface area contributed by atoms with E-state index in [0.717, 1.165) is 66.9 Å². The van der Waals surface area contributed by atoms with Crippen molar-refractivity contribution in [3.05, 3.63) is 211 Å². The number of aromatic nitrogens is 4. The Morgan fingerprint density at radius 3 is 1.70 bits per heavy atom. The Bertz CT molecular complexity index is 2800. The highest BCUT2D eigenvalue weighted by Gasteiger charge is 2.22. The average Bonchev–Trinajstić information content (AvgIpc) is 3.30. The number of benzene rings is 6. The number of hydrogen-bond donors (Lipinski definition) is 0. The van der Waals surface area contributed by atoms with Crippen molar-refractivity contribution in [1.82, 2.24) is 19.9 Å². The van der Waals surface area contributed by atoms with Crippen LogP contribution in [0.1, 0.15) is 29.5 Å². The summed E-state index contributed by atoms with van der Waals surface area (Å²) in [7, 11) is 0. The molecule has 0 saturated carbocycles. The van der Waals surface area contributed by atoms with Gasteiger partial charge in [-0.15, -0.1) is 0 Å². The molecule has 5 heteroatoms. The number of nitrogens with zero attached hydrogens (tertiary/aromatic N) is 5. The zero-order chi connectivity index (χ0) is 38.6. The monoisotopic (exact) mass is 731 g/mol. The highest BCUT2D eigenvalue weighted by Crippen LogP contribution is 2.38. The van der Waals surface area contributed by atoms with Gasteiger partial charge >= 0.3 is 0 Å². The fraction of sp³-hybridized carbons (Fsp3) is 0.0577. The lowest BCUT2D eigenvalue weighted by atomic mass is 9.79. The first-order valence-electron chi connectivity index (χ1n) is 19.1. The van der Waals surface area contributed by atoms with Crippen LogP contribution in [0.2, 0.25) is 0 Å². The largest absolute Gasteiger partial charge is 0.256 e. The molecular formula is C52H37N5. The van der Waals surface area contributed by atoms with Gasteiger partial charge in [-0.05, 0) is 81.3 Å². The summed E-state index contributed by atoms with van der Waals surface area (Å²) in [4.78, 5) is 19.6. The van der Waals surface area contributed by atoms with Gasteiger partial charge in [0.15, 0.2) is 17.5 Å². The van der Waals surface area contributed by atoms with E-state index in [1.165, 1.54) is 0 Å². The first-order valence-corrected chi connectivity index (χ1v) is 19.1. The molecule has 57 heavy (non-hydrogen) atoms. The predicted octanol–water partition coefficient (Wildman–Crippen LogP) is 12.5. The lowest BCUT2D eigenvalue weighted by molar-refractivity contribution is 0.637. The van der Waals surface area contributed by atoms with Crippen molar-refractivity contribution in [1.29, 1.82) is 5.26 Å². The SMILES string of the molecule is CC1C=CC(c2cccc(-c3nc(-c4ccccc4)nc(-c4cccc(-c5ccccc5)c4)n3)c2)=CC1c1cc(C#N)cc(-c2ccc(-c3ccccn3)cc2)c1. The van der Waals surface area contributed by atoms with E-state index in [9.17, 15) is 5.26 Å². The summed E-state index contributed by atoms with van der Waals surface area (Å²) < 4.78 is 0. The lowest BCUT2D eigenvalue weighted by Crippen LogP contribution is -2.10. The van der Waals surface area contributed by atoms with Gasteiger partial charge in [0.25, 0.3) is 0 Å². The van der Waals surface area contributed by atoms with Crippen LogP contribution in [0, 0.1) is 17.2 Å². The second kappa shape index (κ2) is 15.7. The fourth-order valence-electron chi connectivity index (χ4n) is 7.47. The molecule has 0 aliphatic heterocycles. The van der Waals surface area contributed by atoms with Crippen molar-refractivity contribution < 1.29 is 0 Å². The molecule has 2 atom stereocenters. The molecule has 0 bridgehead atoms. The molecule has 2 unspecified atom stereocenters. The quantitative estimate of drug-likeness (QED) is 0.155. The van der Waals surface area contributed by atoms with Gasteiger partial charge in [0.05, 0.1) is 17.3 Å². The minimum absolute atomic E-state index is 0.0684. The molecule has 0 saturated heterocycles. The predicted molar refractivity (Wildman–Crippen MR) is 230 cm³/mol. The number of nitriles is 1. The van der Waals surface area contributed by atoms with Crippen LogP contribution < -0.4 is 0 Å². The molecule has 2 heterocycles. The Kier molecular flexibility index (Phi) is 9.67. The number of allylic oxidation sites excluding steroid dienone is 4. The molecule has 2 aromatic heterocycles. The third-order valence-corrected chi connectivity index (χ3v) is 10.5. The van der Waals surface area contributed by atoms with Gasteiger partial charge in [0, 0.05) is 34.4 Å². The van der Waals surface area contributed by atoms with Gasteiger partial charge in [-0.1, -0.05) is 159 Å². The van der Waals surface area contributed by atoms with Crippen LogP contribution in [0.3, 0.4) is 0 Å². The smallest absolute Gasteiger partial charge is 0.164 e. The second-order valence-electron chi connectivity index (χ2n) is 14.3. The van der Waals surface area contributed by atoms with Crippen molar-refractivity contribution >= 4 is 5.57 Å². The van der Waals surface area contributed by atoms with Crippen LogP contribution in [-0.4, -0.2) is 19.9 Å². The van der Waals surface area contributed by atoms with E-state index in [-0.39, 0.29) is 11.8 Å². The first kappa shape index (κ1) is 35.2. The van der Waals surface area contributed by atoms with Crippen LogP contribution >= 0.6 is 0 Å². The molecule has 6 aromatic carbocycles. The molecule has 0 spiro atoms. The maximum Gasteiger partial charge on any atom is 0.164 e. The Labute approximate surface area is 333 Å². The van der Waals surface area contributed by atoms with Gasteiger partial charge < -0.3 is 0 Å². The molecule has 9 rings (SSSR count).